The van der Waals surface area contributed by atoms with Crippen LogP contribution < -0.4 is 10.2 Å². The maximum absolute atomic E-state index is 13.1. The fraction of sp³-hybridized carbons (Fsp3) is 0.0833. The highest BCUT2D eigenvalue weighted by Crippen LogP contribution is 2.31. The lowest BCUT2D eigenvalue weighted by Gasteiger charge is -2.27. The van der Waals surface area contributed by atoms with Crippen molar-refractivity contribution >= 4 is 41.0 Å². The van der Waals surface area contributed by atoms with E-state index in [0.717, 1.165) is 5.56 Å². The average molecular weight is 432 g/mol. The van der Waals surface area contributed by atoms with Crippen LogP contribution in [0.1, 0.15) is 31.8 Å². The molecule has 0 radical (unpaired) electrons. The van der Waals surface area contributed by atoms with Gasteiger partial charge in [-0.25, -0.2) is 0 Å². The van der Waals surface area contributed by atoms with Gasteiger partial charge in [0.15, 0.2) is 0 Å². The first-order valence-electron chi connectivity index (χ1n) is 9.55. The Morgan fingerprint density at radius 3 is 2.48 bits per heavy atom. The molecule has 4 rings (SSSR count). The lowest BCUT2D eigenvalue weighted by molar-refractivity contribution is -0.114. The molecule has 2 heterocycles. The van der Waals surface area contributed by atoms with E-state index in [4.69, 9.17) is 11.6 Å². The number of anilines is 1. The summed E-state index contributed by atoms with van der Waals surface area (Å²) in [5, 5.41) is 3.39. The summed E-state index contributed by atoms with van der Waals surface area (Å²) in [6.07, 6.45) is 4.84. The van der Waals surface area contributed by atoms with Crippen LogP contribution in [0.15, 0.2) is 72.6 Å². The monoisotopic (exact) mass is 431 g/mol. The minimum absolute atomic E-state index is 0.0340. The van der Waals surface area contributed by atoms with Crippen molar-refractivity contribution in [3.63, 3.8) is 0 Å². The van der Waals surface area contributed by atoms with Gasteiger partial charge in [0.25, 0.3) is 11.8 Å². The highest BCUT2D eigenvalue weighted by molar-refractivity contribution is 6.36. The number of halogens is 1. The van der Waals surface area contributed by atoms with Crippen LogP contribution in [0.5, 0.6) is 0 Å². The third kappa shape index (κ3) is 4.25. The molecule has 1 aliphatic rings. The van der Waals surface area contributed by atoms with Crippen molar-refractivity contribution in [2.45, 2.75) is 6.54 Å². The number of hydrogen-bond acceptors (Lipinski definition) is 4. The molecule has 154 valence electrons. The summed E-state index contributed by atoms with van der Waals surface area (Å²) in [6.45, 7) is 0.340. The fourth-order valence-corrected chi connectivity index (χ4v) is 3.45. The minimum atomic E-state index is -0.420. The van der Waals surface area contributed by atoms with Crippen LogP contribution >= 0.6 is 11.6 Å². The maximum Gasteiger partial charge on any atom is 0.262 e. The normalized spacial score (nSPS) is 14.5. The molecule has 1 N–H and O–H groups in total. The van der Waals surface area contributed by atoms with Crippen LogP contribution in [-0.4, -0.2) is 29.6 Å². The molecule has 7 heteroatoms. The van der Waals surface area contributed by atoms with Crippen LogP contribution in [0.3, 0.4) is 0 Å². The van der Waals surface area contributed by atoms with Gasteiger partial charge in [0, 0.05) is 42.1 Å². The van der Waals surface area contributed by atoms with Crippen molar-refractivity contribution in [1.82, 2.24) is 10.3 Å². The number of benzene rings is 2. The Bertz CT molecular complexity index is 1200. The molecule has 1 aliphatic heterocycles. The number of nitrogens with one attached hydrogen (secondary N) is 1. The van der Waals surface area contributed by atoms with E-state index in [1.165, 1.54) is 17.0 Å². The van der Waals surface area contributed by atoms with Gasteiger partial charge in [-0.1, -0.05) is 23.7 Å². The van der Waals surface area contributed by atoms with Crippen molar-refractivity contribution in [3.8, 4) is 0 Å². The molecule has 2 aromatic carbocycles. The smallest absolute Gasteiger partial charge is 0.262 e. The van der Waals surface area contributed by atoms with E-state index >= 15 is 0 Å². The lowest BCUT2D eigenvalue weighted by atomic mass is 9.92. The summed E-state index contributed by atoms with van der Waals surface area (Å²) >= 11 is 5.91. The van der Waals surface area contributed by atoms with Crippen molar-refractivity contribution in [2.75, 3.05) is 11.9 Å². The van der Waals surface area contributed by atoms with Crippen LogP contribution in [0.25, 0.3) is 6.08 Å². The average Bonchev–Trinajstić information content (AvgIpc) is 2.80. The first-order chi connectivity index (χ1) is 14.9. The van der Waals surface area contributed by atoms with E-state index < -0.39 is 11.7 Å². The molecule has 0 atom stereocenters. The molecule has 0 spiro atoms. The van der Waals surface area contributed by atoms with Gasteiger partial charge in [0.05, 0.1) is 11.3 Å². The zero-order valence-corrected chi connectivity index (χ0v) is 17.4. The van der Waals surface area contributed by atoms with Crippen LogP contribution in [-0.2, 0) is 11.3 Å². The summed E-state index contributed by atoms with van der Waals surface area (Å²) in [5.41, 5.74) is 2.74. The van der Waals surface area contributed by atoms with Gasteiger partial charge in [0.2, 0.25) is 5.78 Å². The van der Waals surface area contributed by atoms with E-state index in [-0.39, 0.29) is 11.5 Å². The zero-order chi connectivity index (χ0) is 22.0. The number of likely N-dealkylation sites (N-methyl/N-ethyl adjacent to an activating group) is 1. The second-order valence-electron chi connectivity index (χ2n) is 7.07. The van der Waals surface area contributed by atoms with Crippen molar-refractivity contribution in [1.29, 1.82) is 0 Å². The molecule has 0 fully saturated rings. The van der Waals surface area contributed by atoms with Crippen molar-refractivity contribution in [2.24, 2.45) is 0 Å². The first-order valence-corrected chi connectivity index (χ1v) is 9.93. The van der Waals surface area contributed by atoms with Gasteiger partial charge in [-0.2, -0.15) is 0 Å². The van der Waals surface area contributed by atoms with Crippen LogP contribution in [0.2, 0.25) is 5.02 Å². The Morgan fingerprint density at radius 2 is 1.77 bits per heavy atom. The second kappa shape index (κ2) is 8.53. The summed E-state index contributed by atoms with van der Waals surface area (Å²) in [5.74, 6) is -1.13. The molecule has 31 heavy (non-hydrogen) atoms. The lowest BCUT2D eigenvalue weighted by Crippen LogP contribution is -2.37. The van der Waals surface area contributed by atoms with Crippen LogP contribution in [0, 0.1) is 0 Å². The predicted octanol–water partition coefficient (Wildman–Crippen LogP) is 3.91. The number of carbonyl (C=O) groups is 3. The molecule has 0 unspecified atom stereocenters. The predicted molar refractivity (Wildman–Crippen MR) is 119 cm³/mol. The number of amides is 2. The minimum Gasteiger partial charge on any atom is -0.348 e. The molecule has 2 amide bonds. The SMILES string of the molecule is CN1C(=O)C(=Cc2ccc(Cl)cc2)C(=O)c2cc(C(=O)NCc3ccncc3)ccc21. The van der Waals surface area contributed by atoms with Gasteiger partial charge in [-0.15, -0.1) is 0 Å². The quantitative estimate of drug-likeness (QED) is 0.501. The molecule has 6 nitrogen and oxygen atoms in total. The van der Waals surface area contributed by atoms with Gasteiger partial charge in [0.1, 0.15) is 0 Å². The molecular weight excluding hydrogens is 414 g/mol. The number of fused-ring (bicyclic) bond motifs is 1. The topological polar surface area (TPSA) is 79.4 Å². The summed E-state index contributed by atoms with van der Waals surface area (Å²) in [4.78, 5) is 43.9. The van der Waals surface area contributed by atoms with Gasteiger partial charge >= 0.3 is 0 Å². The van der Waals surface area contributed by atoms with Gasteiger partial charge in [-0.3, -0.25) is 19.4 Å². The maximum atomic E-state index is 13.1. The number of rotatable bonds is 4. The Labute approximate surface area is 184 Å². The summed E-state index contributed by atoms with van der Waals surface area (Å²) < 4.78 is 0. The Morgan fingerprint density at radius 1 is 1.06 bits per heavy atom. The number of carbonyl (C=O) groups excluding carboxylic acids is 3. The third-order valence-electron chi connectivity index (χ3n) is 5.03. The van der Waals surface area contributed by atoms with Gasteiger partial charge < -0.3 is 10.2 Å². The molecule has 0 bridgehead atoms. The number of hydrogen-bond donors (Lipinski definition) is 1. The number of ketones is 1. The summed E-state index contributed by atoms with van der Waals surface area (Å²) in [7, 11) is 1.60. The standard InChI is InChI=1S/C24H18ClN3O3/c1-28-21-7-4-17(23(30)27-14-16-8-10-26-11-9-16)13-19(21)22(29)20(24(28)31)12-15-2-5-18(25)6-3-15/h2-13H,14H2,1H3,(H,27,30). The molecule has 0 saturated heterocycles. The number of pyridine rings is 1. The summed E-state index contributed by atoms with van der Waals surface area (Å²) in [6, 6.07) is 15.2. The van der Waals surface area contributed by atoms with Gasteiger partial charge in [-0.05, 0) is 59.7 Å². The van der Waals surface area contributed by atoms with Crippen molar-refractivity contribution in [3.05, 3.63) is 99.8 Å². The molecule has 0 saturated carbocycles. The Kier molecular flexibility index (Phi) is 5.64. The highest BCUT2D eigenvalue weighted by atomic mass is 35.5. The molecule has 3 aromatic rings. The van der Waals surface area contributed by atoms with Crippen molar-refractivity contribution < 1.29 is 14.4 Å². The number of nitrogens with zero attached hydrogens (tertiary/aromatic N) is 2. The van der Waals surface area contributed by atoms with E-state index in [2.05, 4.69) is 10.3 Å². The van der Waals surface area contributed by atoms with E-state index in [9.17, 15) is 14.4 Å². The fourth-order valence-electron chi connectivity index (χ4n) is 3.32. The molecule has 1 aromatic heterocycles. The second-order valence-corrected chi connectivity index (χ2v) is 7.51. The highest BCUT2D eigenvalue weighted by Gasteiger charge is 2.33. The molecule has 0 aliphatic carbocycles. The molecular formula is C24H18ClN3O3. The van der Waals surface area contributed by atoms with E-state index in [1.807, 2.05) is 12.1 Å². The van der Waals surface area contributed by atoms with E-state index in [0.29, 0.717) is 33.9 Å². The Balaban J connectivity index is 1.62. The first kappa shape index (κ1) is 20.5. The van der Waals surface area contributed by atoms with Crippen LogP contribution in [0.4, 0.5) is 5.69 Å². The zero-order valence-electron chi connectivity index (χ0n) is 16.6. The Hall–Kier alpha value is -3.77. The number of Topliss-reactive ketones (excluding diaryl/α,β-unsaturated/α-hetero) is 1. The number of aromatic nitrogens is 1. The van der Waals surface area contributed by atoms with E-state index in [1.54, 1.807) is 55.8 Å². The largest absolute Gasteiger partial charge is 0.348 e. The third-order valence-corrected chi connectivity index (χ3v) is 5.28.